The highest BCUT2D eigenvalue weighted by molar-refractivity contribution is 6.10. The fourth-order valence-electron chi connectivity index (χ4n) is 5.13. The van der Waals surface area contributed by atoms with Gasteiger partial charge in [-0.1, -0.05) is 0 Å². The van der Waals surface area contributed by atoms with E-state index in [-0.39, 0.29) is 61.0 Å². The van der Waals surface area contributed by atoms with E-state index >= 15 is 0 Å². The van der Waals surface area contributed by atoms with Crippen molar-refractivity contribution in [3.05, 3.63) is 76.6 Å². The Bertz CT molecular complexity index is 1890. The second-order valence-electron chi connectivity index (χ2n) is 11.5. The molecule has 0 fully saturated rings. The zero-order valence-corrected chi connectivity index (χ0v) is 25.3. The molecule has 46 heavy (non-hydrogen) atoms. The smallest absolute Gasteiger partial charge is 0.394 e. The summed E-state index contributed by atoms with van der Waals surface area (Å²) in [5.74, 6) is 0.209. The number of nitrogens with one attached hydrogen (secondary N) is 2. The number of aliphatic hydroxyl groups excluding tert-OH is 1. The number of anilines is 2. The van der Waals surface area contributed by atoms with E-state index in [4.69, 9.17) is 5.26 Å². The van der Waals surface area contributed by atoms with Gasteiger partial charge in [0.25, 0.3) is 5.91 Å². The number of benzene rings is 2. The summed E-state index contributed by atoms with van der Waals surface area (Å²) in [5, 5.41) is 42.5. The maximum atomic E-state index is 14.3. The van der Waals surface area contributed by atoms with Crippen molar-refractivity contribution in [1.29, 1.82) is 10.5 Å². The third-order valence-corrected chi connectivity index (χ3v) is 7.62. The van der Waals surface area contributed by atoms with Crippen LogP contribution < -0.4 is 15.5 Å². The van der Waals surface area contributed by atoms with E-state index in [0.717, 1.165) is 6.07 Å². The Morgan fingerprint density at radius 3 is 2.50 bits per heavy atom. The van der Waals surface area contributed by atoms with Gasteiger partial charge in [-0.25, -0.2) is 4.98 Å². The summed E-state index contributed by atoms with van der Waals surface area (Å²) in [6.07, 6.45) is -3.05. The van der Waals surface area contributed by atoms with Crippen LogP contribution in [0.3, 0.4) is 0 Å². The average Bonchev–Trinajstić information content (AvgIpc) is 3.61. The van der Waals surface area contributed by atoms with Gasteiger partial charge in [0.05, 0.1) is 42.8 Å². The largest absolute Gasteiger partial charge is 0.416 e. The van der Waals surface area contributed by atoms with Crippen LogP contribution in [0, 0.1) is 22.7 Å². The molecule has 0 saturated heterocycles. The maximum Gasteiger partial charge on any atom is 0.416 e. The number of aromatic nitrogens is 4. The van der Waals surface area contributed by atoms with Crippen molar-refractivity contribution in [2.45, 2.75) is 45.1 Å². The van der Waals surface area contributed by atoms with E-state index in [9.17, 15) is 28.3 Å². The number of pyridine rings is 1. The number of carbonyl (C=O) groups excluding carboxylic acids is 1. The number of hydrogen-bond acceptors (Lipinski definition) is 9. The van der Waals surface area contributed by atoms with Crippen LogP contribution in [-0.2, 0) is 26.3 Å². The molecule has 236 valence electrons. The lowest BCUT2D eigenvalue weighted by molar-refractivity contribution is -0.138. The average molecular weight is 630 g/mol. The van der Waals surface area contributed by atoms with Gasteiger partial charge in [-0.3, -0.25) is 9.69 Å². The highest BCUT2D eigenvalue weighted by atomic mass is 19.4. The second-order valence-corrected chi connectivity index (χ2v) is 11.5. The van der Waals surface area contributed by atoms with Gasteiger partial charge in [0.2, 0.25) is 0 Å². The predicted octanol–water partition coefficient (Wildman–Crippen LogP) is 4.78. The number of alkyl halides is 3. The molecule has 2 aromatic carbocycles. The molecule has 14 heteroatoms. The number of carbonyl (C=O) groups is 1. The summed E-state index contributed by atoms with van der Waals surface area (Å²) in [5.41, 5.74) is 0.350. The van der Waals surface area contributed by atoms with Gasteiger partial charge in [-0.15, -0.1) is 10.2 Å². The number of amides is 1. The molecule has 11 nitrogen and oxygen atoms in total. The molecule has 4 aromatic rings. The molecule has 0 saturated carbocycles. The summed E-state index contributed by atoms with van der Waals surface area (Å²) in [7, 11) is 1.76. The van der Waals surface area contributed by atoms with Gasteiger partial charge >= 0.3 is 6.18 Å². The van der Waals surface area contributed by atoms with Gasteiger partial charge in [0.15, 0.2) is 5.82 Å². The molecule has 2 aromatic heterocycles. The van der Waals surface area contributed by atoms with Crippen molar-refractivity contribution < 1.29 is 23.1 Å². The fraction of sp³-hybridized carbons (Fsp3) is 0.312. The summed E-state index contributed by atoms with van der Waals surface area (Å²) < 4.78 is 44.7. The number of rotatable bonds is 10. The van der Waals surface area contributed by atoms with Crippen molar-refractivity contribution in [3.8, 4) is 34.7 Å². The molecule has 3 heterocycles. The van der Waals surface area contributed by atoms with E-state index in [1.165, 1.54) is 17.3 Å². The molecule has 1 aliphatic rings. The van der Waals surface area contributed by atoms with Crippen LogP contribution in [0.4, 0.5) is 24.8 Å². The SMILES string of the molecule is Cn1cnnc1-c1ccc(C#N)cc1-c1cc(NCCC#N)nc(N2Cc3c(cc(CNC(C)(C)CO)cc3C(F)(F)F)C2=O)c1. The van der Waals surface area contributed by atoms with Gasteiger partial charge in [-0.05, 0) is 78.6 Å². The lowest BCUT2D eigenvalue weighted by Crippen LogP contribution is -2.42. The monoisotopic (exact) mass is 629 g/mol. The summed E-state index contributed by atoms with van der Waals surface area (Å²) >= 11 is 0. The Kier molecular flexibility index (Phi) is 8.79. The van der Waals surface area contributed by atoms with Crippen molar-refractivity contribution in [2.75, 3.05) is 23.4 Å². The molecule has 1 aliphatic heterocycles. The van der Waals surface area contributed by atoms with Crippen LogP contribution in [0.5, 0.6) is 0 Å². The standard InChI is InChI=1S/C32H30F3N9O2/c1-31(2,17-45)39-15-20-10-24-25(26(11-20)32(33,34)35)16-44(30(24)46)28-13-21(12-27(41-28)38-8-4-7-36)23-9-19(14-37)5-6-22(23)29-42-40-18-43(29)3/h5-6,9-13,18,39,45H,4,8,15-17H2,1-3H3,(H,38,41). The van der Waals surface area contributed by atoms with E-state index < -0.39 is 23.2 Å². The first kappa shape index (κ1) is 32.1. The van der Waals surface area contributed by atoms with E-state index in [1.807, 2.05) is 6.07 Å². The van der Waals surface area contributed by atoms with E-state index in [0.29, 0.717) is 28.1 Å². The zero-order chi connectivity index (χ0) is 33.2. The Morgan fingerprint density at radius 2 is 1.85 bits per heavy atom. The molecule has 0 spiro atoms. The highest BCUT2D eigenvalue weighted by Gasteiger charge is 2.41. The molecule has 0 radical (unpaired) electrons. The number of aryl methyl sites for hydroxylation is 1. The van der Waals surface area contributed by atoms with Gasteiger partial charge < -0.3 is 20.3 Å². The van der Waals surface area contributed by atoms with Crippen LogP contribution in [0.15, 0.2) is 48.8 Å². The minimum absolute atomic E-state index is 0.00203. The van der Waals surface area contributed by atoms with E-state index in [2.05, 4.69) is 31.9 Å². The minimum Gasteiger partial charge on any atom is -0.394 e. The first-order chi connectivity index (χ1) is 21.8. The Balaban J connectivity index is 1.62. The number of nitrogens with zero attached hydrogens (tertiary/aromatic N) is 7. The molecule has 0 aliphatic carbocycles. The van der Waals surface area contributed by atoms with Crippen LogP contribution in [0.2, 0.25) is 0 Å². The van der Waals surface area contributed by atoms with E-state index in [1.54, 1.807) is 55.8 Å². The third-order valence-electron chi connectivity index (χ3n) is 7.62. The molecular weight excluding hydrogens is 599 g/mol. The lowest BCUT2D eigenvalue weighted by atomic mass is 9.97. The normalized spacial score (nSPS) is 13.0. The van der Waals surface area contributed by atoms with Crippen molar-refractivity contribution in [3.63, 3.8) is 0 Å². The van der Waals surface area contributed by atoms with Crippen LogP contribution in [-0.4, -0.2) is 49.5 Å². The summed E-state index contributed by atoms with van der Waals surface area (Å²) in [6.45, 7) is 3.04. The predicted molar refractivity (Wildman–Crippen MR) is 163 cm³/mol. The van der Waals surface area contributed by atoms with Crippen molar-refractivity contribution in [2.24, 2.45) is 7.05 Å². The number of halogens is 3. The number of nitriles is 2. The van der Waals surface area contributed by atoms with Crippen LogP contribution in [0.25, 0.3) is 22.5 Å². The van der Waals surface area contributed by atoms with Gasteiger partial charge in [0, 0.05) is 36.8 Å². The fourth-order valence-corrected chi connectivity index (χ4v) is 5.13. The Labute approximate surface area is 262 Å². The van der Waals surface area contributed by atoms with Gasteiger partial charge in [0.1, 0.15) is 18.0 Å². The number of hydrogen-bond donors (Lipinski definition) is 3. The lowest BCUT2D eigenvalue weighted by Gasteiger charge is -2.24. The minimum atomic E-state index is -4.73. The van der Waals surface area contributed by atoms with Crippen LogP contribution in [0.1, 0.15) is 52.9 Å². The molecule has 0 bridgehead atoms. The quantitative estimate of drug-likeness (QED) is 0.210. The number of aliphatic hydroxyl groups is 1. The molecular formula is C32H30F3N9O2. The molecule has 0 unspecified atom stereocenters. The van der Waals surface area contributed by atoms with Gasteiger partial charge in [-0.2, -0.15) is 23.7 Å². The number of fused-ring (bicyclic) bond motifs is 1. The topological polar surface area (TPSA) is 156 Å². The first-order valence-electron chi connectivity index (χ1n) is 14.3. The van der Waals surface area contributed by atoms with Crippen molar-refractivity contribution in [1.82, 2.24) is 25.1 Å². The first-order valence-corrected chi connectivity index (χ1v) is 14.3. The molecule has 5 rings (SSSR count). The highest BCUT2D eigenvalue weighted by Crippen LogP contribution is 2.41. The molecule has 3 N–H and O–H groups in total. The summed E-state index contributed by atoms with van der Waals surface area (Å²) in [6, 6.07) is 14.9. The molecule has 0 atom stereocenters. The third kappa shape index (κ3) is 6.54. The molecule has 1 amide bonds. The Morgan fingerprint density at radius 1 is 1.07 bits per heavy atom. The Hall–Kier alpha value is -5.31. The zero-order valence-electron chi connectivity index (χ0n) is 25.3. The second kappa shape index (κ2) is 12.6. The van der Waals surface area contributed by atoms with Crippen molar-refractivity contribution >= 4 is 17.5 Å². The maximum absolute atomic E-state index is 14.3. The summed E-state index contributed by atoms with van der Waals surface area (Å²) in [4.78, 5) is 19.6. The van der Waals surface area contributed by atoms with Crippen LogP contribution >= 0.6 is 0 Å².